The van der Waals surface area contributed by atoms with E-state index in [1.807, 2.05) is 42.1 Å². The fraction of sp³-hybridized carbons (Fsp3) is 0.0800. The number of hydrogen-bond donors (Lipinski definition) is 0. The summed E-state index contributed by atoms with van der Waals surface area (Å²) in [5.41, 5.74) is 3.23. The standard InChI is InChI=1S/C25H18FNO3/c1-27-14-17(20-7-2-3-8-22(20)27)12-24-25(28)21-10-9-19(13-23(21)30-24)29-15-16-5-4-6-18(26)11-16/h2-14H,15H2,1H3/b24-12-. The number of carbonyl (C=O) groups excluding carboxylic acids is 1. The Bertz CT molecular complexity index is 1320. The highest BCUT2D eigenvalue weighted by atomic mass is 19.1. The van der Waals surface area contributed by atoms with E-state index in [1.165, 1.54) is 12.1 Å². The number of nitrogens with zero attached hydrogens (tertiary/aromatic N) is 1. The number of benzene rings is 3. The van der Waals surface area contributed by atoms with Crippen LogP contribution in [0.4, 0.5) is 4.39 Å². The summed E-state index contributed by atoms with van der Waals surface area (Å²) in [7, 11) is 1.97. The van der Waals surface area contributed by atoms with Crippen LogP contribution in [-0.4, -0.2) is 10.4 Å². The zero-order valence-electron chi connectivity index (χ0n) is 16.3. The molecule has 0 N–H and O–H groups in total. The summed E-state index contributed by atoms with van der Waals surface area (Å²) in [6.45, 7) is 0.225. The van der Waals surface area contributed by atoms with Gasteiger partial charge in [0.2, 0.25) is 5.78 Å². The van der Waals surface area contributed by atoms with Crippen molar-refractivity contribution in [3.8, 4) is 11.5 Å². The fourth-order valence-electron chi connectivity index (χ4n) is 3.68. The van der Waals surface area contributed by atoms with Crippen molar-refractivity contribution in [2.24, 2.45) is 7.05 Å². The van der Waals surface area contributed by atoms with Crippen LogP contribution in [-0.2, 0) is 13.7 Å². The van der Waals surface area contributed by atoms with Gasteiger partial charge in [-0.05, 0) is 42.0 Å². The highest BCUT2D eigenvalue weighted by molar-refractivity contribution is 6.15. The van der Waals surface area contributed by atoms with Gasteiger partial charge in [-0.15, -0.1) is 0 Å². The molecule has 1 aliphatic rings. The van der Waals surface area contributed by atoms with Crippen molar-refractivity contribution in [3.63, 3.8) is 0 Å². The Balaban J connectivity index is 1.39. The van der Waals surface area contributed by atoms with Crippen molar-refractivity contribution in [1.29, 1.82) is 0 Å². The lowest BCUT2D eigenvalue weighted by Crippen LogP contribution is -1.98. The first kappa shape index (κ1) is 18.2. The molecule has 0 bridgehead atoms. The molecule has 3 aromatic carbocycles. The maximum atomic E-state index is 13.3. The van der Waals surface area contributed by atoms with Crippen LogP contribution in [0.2, 0.25) is 0 Å². The number of carbonyl (C=O) groups is 1. The van der Waals surface area contributed by atoms with Crippen LogP contribution in [0.5, 0.6) is 11.5 Å². The van der Waals surface area contributed by atoms with Gasteiger partial charge < -0.3 is 14.0 Å². The van der Waals surface area contributed by atoms with Gasteiger partial charge in [-0.1, -0.05) is 30.3 Å². The van der Waals surface area contributed by atoms with Crippen molar-refractivity contribution >= 4 is 22.8 Å². The van der Waals surface area contributed by atoms with Gasteiger partial charge in [0, 0.05) is 35.8 Å². The highest BCUT2D eigenvalue weighted by Gasteiger charge is 2.28. The smallest absolute Gasteiger partial charge is 0.231 e. The number of Topliss-reactive ketones (excluding diaryl/α,β-unsaturated/α-hetero) is 1. The number of ketones is 1. The largest absolute Gasteiger partial charge is 0.489 e. The zero-order valence-corrected chi connectivity index (χ0v) is 16.3. The van der Waals surface area contributed by atoms with Gasteiger partial charge in [-0.2, -0.15) is 0 Å². The average molecular weight is 399 g/mol. The number of allylic oxidation sites excluding steroid dienone is 1. The SMILES string of the molecule is Cn1cc(/C=C2\Oc3cc(OCc4cccc(F)c4)ccc3C2=O)c2ccccc21. The number of aromatic nitrogens is 1. The second-order valence-electron chi connectivity index (χ2n) is 7.23. The van der Waals surface area contributed by atoms with Crippen molar-refractivity contribution in [3.05, 3.63) is 101 Å². The molecule has 0 saturated heterocycles. The van der Waals surface area contributed by atoms with Crippen molar-refractivity contribution in [2.45, 2.75) is 6.61 Å². The summed E-state index contributed by atoms with van der Waals surface area (Å²) in [5.74, 6) is 0.834. The molecule has 0 unspecified atom stereocenters. The molecule has 0 fully saturated rings. The molecule has 1 aromatic heterocycles. The minimum atomic E-state index is -0.304. The van der Waals surface area contributed by atoms with E-state index in [2.05, 4.69) is 0 Å². The Morgan fingerprint density at radius 3 is 2.80 bits per heavy atom. The third kappa shape index (κ3) is 3.24. The minimum absolute atomic E-state index is 0.158. The van der Waals surface area contributed by atoms with Crippen molar-refractivity contribution in [1.82, 2.24) is 4.57 Å². The van der Waals surface area contributed by atoms with Crippen LogP contribution < -0.4 is 9.47 Å². The van der Waals surface area contributed by atoms with Gasteiger partial charge >= 0.3 is 0 Å². The molecule has 0 amide bonds. The number of ether oxygens (including phenoxy) is 2. The second-order valence-corrected chi connectivity index (χ2v) is 7.23. The van der Waals surface area contributed by atoms with E-state index in [9.17, 15) is 9.18 Å². The summed E-state index contributed by atoms with van der Waals surface area (Å²) >= 11 is 0. The lowest BCUT2D eigenvalue weighted by Gasteiger charge is -2.07. The van der Waals surface area contributed by atoms with E-state index >= 15 is 0 Å². The third-order valence-corrected chi connectivity index (χ3v) is 5.15. The monoisotopic (exact) mass is 399 g/mol. The number of fused-ring (bicyclic) bond motifs is 2. The quantitative estimate of drug-likeness (QED) is 0.425. The first-order valence-corrected chi connectivity index (χ1v) is 9.58. The molecule has 1 aliphatic heterocycles. The Morgan fingerprint density at radius 1 is 1.07 bits per heavy atom. The number of para-hydroxylation sites is 1. The predicted molar refractivity (Wildman–Crippen MR) is 113 cm³/mol. The molecule has 30 heavy (non-hydrogen) atoms. The van der Waals surface area contributed by atoms with E-state index in [-0.39, 0.29) is 24.0 Å². The zero-order chi connectivity index (χ0) is 20.7. The minimum Gasteiger partial charge on any atom is -0.489 e. The van der Waals surface area contributed by atoms with E-state index in [0.717, 1.165) is 22.0 Å². The van der Waals surface area contributed by atoms with E-state index in [0.29, 0.717) is 17.1 Å². The van der Waals surface area contributed by atoms with Gasteiger partial charge in [-0.3, -0.25) is 4.79 Å². The van der Waals surface area contributed by atoms with E-state index in [1.54, 1.807) is 36.4 Å². The Hall–Kier alpha value is -3.86. The lowest BCUT2D eigenvalue weighted by molar-refractivity contribution is 0.101. The van der Waals surface area contributed by atoms with Crippen LogP contribution in [0, 0.1) is 5.82 Å². The molecule has 148 valence electrons. The number of rotatable bonds is 4. The first-order valence-electron chi connectivity index (χ1n) is 9.58. The molecule has 0 atom stereocenters. The van der Waals surface area contributed by atoms with Gasteiger partial charge in [-0.25, -0.2) is 4.39 Å². The first-order chi connectivity index (χ1) is 14.6. The predicted octanol–water partition coefficient (Wildman–Crippen LogP) is 5.51. The van der Waals surface area contributed by atoms with Gasteiger partial charge in [0.15, 0.2) is 5.76 Å². The molecule has 0 saturated carbocycles. The average Bonchev–Trinajstić information content (AvgIpc) is 3.23. The summed E-state index contributed by atoms with van der Waals surface area (Å²) in [6.07, 6.45) is 3.75. The van der Waals surface area contributed by atoms with Gasteiger partial charge in [0.25, 0.3) is 0 Å². The number of halogens is 1. The topological polar surface area (TPSA) is 40.5 Å². The molecule has 5 rings (SSSR count). The van der Waals surface area contributed by atoms with Gasteiger partial charge in [0.05, 0.1) is 5.56 Å². The van der Waals surface area contributed by atoms with Crippen LogP contribution in [0.15, 0.2) is 78.7 Å². The maximum absolute atomic E-state index is 13.3. The molecule has 2 heterocycles. The molecule has 0 spiro atoms. The molecule has 4 nitrogen and oxygen atoms in total. The van der Waals surface area contributed by atoms with Crippen LogP contribution in [0.3, 0.4) is 0 Å². The fourth-order valence-corrected chi connectivity index (χ4v) is 3.68. The molecular weight excluding hydrogens is 381 g/mol. The molecule has 4 aromatic rings. The summed E-state index contributed by atoms with van der Waals surface area (Å²) in [5, 5.41) is 1.05. The molecule has 0 radical (unpaired) electrons. The Labute approximate surface area is 172 Å². The molecule has 5 heteroatoms. The second kappa shape index (κ2) is 7.19. The van der Waals surface area contributed by atoms with Crippen LogP contribution >= 0.6 is 0 Å². The summed E-state index contributed by atoms with van der Waals surface area (Å²) in [6, 6.07) is 19.4. The number of aryl methyl sites for hydroxylation is 1. The third-order valence-electron chi connectivity index (χ3n) is 5.15. The van der Waals surface area contributed by atoms with Crippen LogP contribution in [0.25, 0.3) is 17.0 Å². The normalized spacial score (nSPS) is 14.2. The molecule has 0 aliphatic carbocycles. The van der Waals surface area contributed by atoms with Crippen molar-refractivity contribution in [2.75, 3.05) is 0 Å². The summed E-state index contributed by atoms with van der Waals surface area (Å²) in [4.78, 5) is 12.8. The maximum Gasteiger partial charge on any atom is 0.231 e. The summed E-state index contributed by atoms with van der Waals surface area (Å²) < 4.78 is 26.9. The Morgan fingerprint density at radius 2 is 1.93 bits per heavy atom. The van der Waals surface area contributed by atoms with E-state index in [4.69, 9.17) is 9.47 Å². The van der Waals surface area contributed by atoms with Crippen molar-refractivity contribution < 1.29 is 18.7 Å². The highest BCUT2D eigenvalue weighted by Crippen LogP contribution is 2.36. The van der Waals surface area contributed by atoms with Gasteiger partial charge in [0.1, 0.15) is 23.9 Å². The number of hydrogen-bond acceptors (Lipinski definition) is 3. The molecular formula is C25H18FNO3. The lowest BCUT2D eigenvalue weighted by atomic mass is 10.1. The van der Waals surface area contributed by atoms with Crippen LogP contribution in [0.1, 0.15) is 21.5 Å². The van der Waals surface area contributed by atoms with E-state index < -0.39 is 0 Å². The Kier molecular flexibility index (Phi) is 4.36.